The molecule has 0 aromatic rings. The van der Waals surface area contributed by atoms with E-state index in [0.29, 0.717) is 32.4 Å². The maximum Gasteiger partial charge on any atom is 0.214 e. The van der Waals surface area contributed by atoms with E-state index in [9.17, 15) is 8.42 Å². The number of unbranched alkanes of at least 4 members (excludes halogenated alkanes) is 2. The molecule has 4 nitrogen and oxygen atoms in total. The van der Waals surface area contributed by atoms with Crippen LogP contribution >= 0.6 is 0 Å². The number of sulfonamides is 1. The van der Waals surface area contributed by atoms with Gasteiger partial charge in [-0.2, -0.15) is 9.57 Å². The zero-order chi connectivity index (χ0) is 11.3. The third kappa shape index (κ3) is 3.65. The van der Waals surface area contributed by atoms with Crippen molar-refractivity contribution in [1.29, 1.82) is 5.26 Å². The Kier molecular flexibility index (Phi) is 4.30. The van der Waals surface area contributed by atoms with E-state index in [2.05, 4.69) is 0 Å². The second-order valence-electron chi connectivity index (χ2n) is 3.77. The molecule has 5 heteroatoms. The van der Waals surface area contributed by atoms with Gasteiger partial charge in [-0.1, -0.05) is 11.6 Å². The van der Waals surface area contributed by atoms with E-state index in [0.717, 1.165) is 5.57 Å². The van der Waals surface area contributed by atoms with Gasteiger partial charge in [-0.05, 0) is 19.8 Å². The van der Waals surface area contributed by atoms with E-state index in [-0.39, 0.29) is 5.75 Å². The second-order valence-corrected chi connectivity index (χ2v) is 5.86. The number of rotatable bonds is 5. The molecule has 0 atom stereocenters. The molecule has 84 valence electrons. The van der Waals surface area contributed by atoms with Gasteiger partial charge in [0.1, 0.15) is 0 Å². The summed E-state index contributed by atoms with van der Waals surface area (Å²) < 4.78 is 25.0. The maximum absolute atomic E-state index is 11.8. The average molecular weight is 228 g/mol. The topological polar surface area (TPSA) is 61.2 Å². The molecule has 0 radical (unpaired) electrons. The molecule has 0 bridgehead atoms. The molecule has 1 rings (SSSR count). The SMILES string of the molecule is CC1=CCN(S(=O)(=O)CCCCC#N)C1. The first-order chi connectivity index (χ1) is 7.06. The number of hydrogen-bond acceptors (Lipinski definition) is 3. The summed E-state index contributed by atoms with van der Waals surface area (Å²) in [5.74, 6) is 0.162. The van der Waals surface area contributed by atoms with E-state index in [1.807, 2.05) is 19.1 Å². The summed E-state index contributed by atoms with van der Waals surface area (Å²) in [7, 11) is -3.10. The van der Waals surface area contributed by atoms with E-state index in [4.69, 9.17) is 5.26 Å². The lowest BCUT2D eigenvalue weighted by atomic mass is 10.3. The smallest absolute Gasteiger partial charge is 0.212 e. The van der Waals surface area contributed by atoms with Crippen LogP contribution in [0.25, 0.3) is 0 Å². The first-order valence-corrected chi connectivity index (χ1v) is 6.67. The molecule has 0 spiro atoms. The lowest BCUT2D eigenvalue weighted by molar-refractivity contribution is 0.482. The summed E-state index contributed by atoms with van der Waals surface area (Å²) in [6.45, 7) is 2.97. The van der Waals surface area contributed by atoms with Crippen molar-refractivity contribution in [3.05, 3.63) is 11.6 Å². The lowest BCUT2D eigenvalue weighted by Gasteiger charge is -2.15. The molecule has 0 aromatic carbocycles. The Morgan fingerprint density at radius 2 is 2.27 bits per heavy atom. The molecule has 1 aliphatic heterocycles. The largest absolute Gasteiger partial charge is 0.214 e. The van der Waals surface area contributed by atoms with Crippen LogP contribution in [0.15, 0.2) is 11.6 Å². The Labute approximate surface area is 91.2 Å². The van der Waals surface area contributed by atoms with Crippen LogP contribution in [-0.4, -0.2) is 31.6 Å². The van der Waals surface area contributed by atoms with Crippen LogP contribution in [-0.2, 0) is 10.0 Å². The highest BCUT2D eigenvalue weighted by Crippen LogP contribution is 2.14. The van der Waals surface area contributed by atoms with E-state index >= 15 is 0 Å². The zero-order valence-corrected chi connectivity index (χ0v) is 9.76. The maximum atomic E-state index is 11.8. The molecule has 1 aliphatic rings. The van der Waals surface area contributed by atoms with Gasteiger partial charge in [-0.25, -0.2) is 8.42 Å². The van der Waals surface area contributed by atoms with Gasteiger partial charge < -0.3 is 0 Å². The Bertz CT molecular complexity index is 379. The van der Waals surface area contributed by atoms with E-state index < -0.39 is 10.0 Å². The highest BCUT2D eigenvalue weighted by Gasteiger charge is 2.23. The van der Waals surface area contributed by atoms with Crippen molar-refractivity contribution in [2.45, 2.75) is 26.2 Å². The minimum Gasteiger partial charge on any atom is -0.212 e. The molecule has 1 heterocycles. The molecule has 15 heavy (non-hydrogen) atoms. The molecule has 0 saturated carbocycles. The minimum atomic E-state index is -3.10. The Morgan fingerprint density at radius 3 is 2.80 bits per heavy atom. The molecule has 0 aromatic heterocycles. The summed E-state index contributed by atoms with van der Waals surface area (Å²) in [5, 5.41) is 8.32. The van der Waals surface area contributed by atoms with Crippen LogP contribution in [0.1, 0.15) is 26.2 Å². The highest BCUT2D eigenvalue weighted by molar-refractivity contribution is 7.89. The van der Waals surface area contributed by atoms with Crippen molar-refractivity contribution in [2.75, 3.05) is 18.8 Å². The van der Waals surface area contributed by atoms with Crippen LogP contribution in [0.4, 0.5) is 0 Å². The monoisotopic (exact) mass is 228 g/mol. The normalized spacial score (nSPS) is 17.5. The fourth-order valence-electron chi connectivity index (χ4n) is 1.49. The Morgan fingerprint density at radius 1 is 1.53 bits per heavy atom. The van der Waals surface area contributed by atoms with Gasteiger partial charge in [-0.15, -0.1) is 0 Å². The summed E-state index contributed by atoms with van der Waals surface area (Å²) in [5.41, 5.74) is 1.11. The van der Waals surface area contributed by atoms with E-state index in [1.165, 1.54) is 4.31 Å². The number of nitrogens with zero attached hydrogens (tertiary/aromatic N) is 2. The summed E-state index contributed by atoms with van der Waals surface area (Å²) >= 11 is 0. The van der Waals surface area contributed by atoms with Crippen molar-refractivity contribution in [3.8, 4) is 6.07 Å². The second kappa shape index (κ2) is 5.29. The van der Waals surface area contributed by atoms with Crippen molar-refractivity contribution in [3.63, 3.8) is 0 Å². The van der Waals surface area contributed by atoms with Gasteiger partial charge in [0.25, 0.3) is 0 Å². The minimum absolute atomic E-state index is 0.162. The van der Waals surface area contributed by atoms with Crippen LogP contribution in [0.3, 0.4) is 0 Å². The van der Waals surface area contributed by atoms with Crippen molar-refractivity contribution >= 4 is 10.0 Å². The van der Waals surface area contributed by atoms with Gasteiger partial charge in [0.2, 0.25) is 10.0 Å². The summed E-state index contributed by atoms with van der Waals surface area (Å²) in [6.07, 6.45) is 3.61. The third-order valence-corrected chi connectivity index (χ3v) is 4.27. The molecule has 0 unspecified atom stereocenters. The molecule has 0 fully saturated rings. The number of hydrogen-bond donors (Lipinski definition) is 0. The first-order valence-electron chi connectivity index (χ1n) is 5.06. The van der Waals surface area contributed by atoms with Gasteiger partial charge in [-0.3, -0.25) is 0 Å². The van der Waals surface area contributed by atoms with Crippen LogP contribution in [0.5, 0.6) is 0 Å². The molecule has 0 saturated heterocycles. The van der Waals surface area contributed by atoms with Crippen molar-refractivity contribution < 1.29 is 8.42 Å². The molecule has 0 aliphatic carbocycles. The Balaban J connectivity index is 2.37. The zero-order valence-electron chi connectivity index (χ0n) is 8.94. The molecule has 0 N–H and O–H groups in total. The van der Waals surface area contributed by atoms with Crippen molar-refractivity contribution in [1.82, 2.24) is 4.31 Å². The van der Waals surface area contributed by atoms with Crippen molar-refractivity contribution in [2.24, 2.45) is 0 Å². The predicted molar refractivity (Wildman–Crippen MR) is 58.6 cm³/mol. The van der Waals surface area contributed by atoms with E-state index in [1.54, 1.807) is 0 Å². The third-order valence-electron chi connectivity index (χ3n) is 2.40. The lowest BCUT2D eigenvalue weighted by Crippen LogP contribution is -2.31. The number of nitriles is 1. The van der Waals surface area contributed by atoms with Gasteiger partial charge in [0, 0.05) is 19.5 Å². The van der Waals surface area contributed by atoms with Gasteiger partial charge >= 0.3 is 0 Å². The van der Waals surface area contributed by atoms with Crippen LogP contribution in [0, 0.1) is 11.3 Å². The molecule has 0 amide bonds. The van der Waals surface area contributed by atoms with Gasteiger partial charge in [0.15, 0.2) is 0 Å². The molecular weight excluding hydrogens is 212 g/mol. The summed E-state index contributed by atoms with van der Waals surface area (Å²) in [6, 6.07) is 2.01. The average Bonchev–Trinajstić information content (AvgIpc) is 2.60. The quantitative estimate of drug-likeness (QED) is 0.526. The highest BCUT2D eigenvalue weighted by atomic mass is 32.2. The fourth-order valence-corrected chi connectivity index (χ4v) is 3.02. The molecular formula is C10H16N2O2S. The first kappa shape index (κ1) is 12.2. The summed E-state index contributed by atoms with van der Waals surface area (Å²) in [4.78, 5) is 0. The predicted octanol–water partition coefficient (Wildman–Crippen LogP) is 1.27. The Hall–Kier alpha value is -0.860. The van der Waals surface area contributed by atoms with Crippen LogP contribution < -0.4 is 0 Å². The van der Waals surface area contributed by atoms with Gasteiger partial charge in [0.05, 0.1) is 11.8 Å². The standard InChI is InChI=1S/C10H16N2O2S/c1-10-5-7-12(9-10)15(13,14)8-4-2-3-6-11/h5H,2-4,7-9H2,1H3. The fraction of sp³-hybridized carbons (Fsp3) is 0.700. The van der Waals surface area contributed by atoms with Crippen LogP contribution in [0.2, 0.25) is 0 Å².